The van der Waals surface area contributed by atoms with Gasteiger partial charge in [0.05, 0.1) is 24.7 Å². The van der Waals surface area contributed by atoms with Crippen molar-refractivity contribution in [2.75, 3.05) is 27.0 Å². The first-order chi connectivity index (χ1) is 8.19. The molecule has 0 unspecified atom stereocenters. The summed E-state index contributed by atoms with van der Waals surface area (Å²) in [5, 5.41) is 0. The number of Topliss-reactive ketones (excluding diaryl/α,β-unsaturated/α-hetero) is 1. The van der Waals surface area contributed by atoms with Gasteiger partial charge in [0.2, 0.25) is 0 Å². The van der Waals surface area contributed by atoms with Crippen LogP contribution in [0.3, 0.4) is 0 Å². The summed E-state index contributed by atoms with van der Waals surface area (Å²) in [5.41, 5.74) is 5.95. The van der Waals surface area contributed by atoms with E-state index in [2.05, 4.69) is 0 Å². The number of hydrogen-bond acceptors (Lipinski definition) is 5. The molecular weight excluding hydrogens is 238 g/mol. The van der Waals surface area contributed by atoms with Crippen molar-refractivity contribution in [2.24, 2.45) is 5.73 Å². The summed E-state index contributed by atoms with van der Waals surface area (Å²) in [5.74, 6) is 1.26. The first kappa shape index (κ1) is 13.9. The topological polar surface area (TPSA) is 61.5 Å². The highest BCUT2D eigenvalue weighted by Gasteiger charge is 2.18. The Bertz CT molecular complexity index is 407. The van der Waals surface area contributed by atoms with Crippen molar-refractivity contribution in [2.45, 2.75) is 11.3 Å². The van der Waals surface area contributed by atoms with Gasteiger partial charge >= 0.3 is 0 Å². The number of ketones is 1. The molecule has 2 N–H and O–H groups in total. The van der Waals surface area contributed by atoms with Crippen molar-refractivity contribution in [1.82, 2.24) is 0 Å². The Morgan fingerprint density at radius 2 is 2.06 bits per heavy atom. The van der Waals surface area contributed by atoms with Crippen molar-refractivity contribution in [3.8, 4) is 11.5 Å². The Labute approximate surface area is 105 Å². The minimum atomic E-state index is -0.0118. The van der Waals surface area contributed by atoms with Crippen LogP contribution < -0.4 is 15.2 Å². The SMILES string of the molecule is COc1ccc(C(=O)CCN)c(OC)c1SC. The van der Waals surface area contributed by atoms with E-state index in [0.717, 1.165) is 4.90 Å². The minimum absolute atomic E-state index is 0.0118. The number of nitrogens with two attached hydrogens (primary N) is 1. The van der Waals surface area contributed by atoms with Gasteiger partial charge < -0.3 is 15.2 Å². The molecule has 0 saturated carbocycles. The van der Waals surface area contributed by atoms with Gasteiger partial charge in [0.25, 0.3) is 0 Å². The summed E-state index contributed by atoms with van der Waals surface area (Å²) in [4.78, 5) is 12.7. The van der Waals surface area contributed by atoms with Crippen LogP contribution in [0.1, 0.15) is 16.8 Å². The second-order valence-corrected chi connectivity index (χ2v) is 4.16. The molecule has 0 aliphatic carbocycles. The number of thioether (sulfide) groups is 1. The molecule has 0 heterocycles. The average molecular weight is 255 g/mol. The van der Waals surface area contributed by atoms with Crippen LogP contribution in [-0.4, -0.2) is 32.8 Å². The molecule has 0 fully saturated rings. The smallest absolute Gasteiger partial charge is 0.167 e. The number of methoxy groups -OCH3 is 2. The fourth-order valence-corrected chi connectivity index (χ4v) is 2.32. The van der Waals surface area contributed by atoms with Crippen LogP contribution in [0.25, 0.3) is 0 Å². The third kappa shape index (κ3) is 2.92. The molecule has 0 saturated heterocycles. The van der Waals surface area contributed by atoms with Crippen molar-refractivity contribution in [1.29, 1.82) is 0 Å². The van der Waals surface area contributed by atoms with E-state index in [1.165, 1.54) is 11.8 Å². The van der Waals surface area contributed by atoms with Crippen molar-refractivity contribution in [3.63, 3.8) is 0 Å². The number of ether oxygens (including phenoxy) is 2. The molecule has 0 atom stereocenters. The molecule has 0 spiro atoms. The van der Waals surface area contributed by atoms with Crippen molar-refractivity contribution >= 4 is 17.5 Å². The summed E-state index contributed by atoms with van der Waals surface area (Å²) in [7, 11) is 3.14. The summed E-state index contributed by atoms with van der Waals surface area (Å²) in [6, 6.07) is 3.49. The van der Waals surface area contributed by atoms with Gasteiger partial charge in [-0.1, -0.05) is 0 Å². The molecular formula is C12H17NO3S. The third-order valence-electron chi connectivity index (χ3n) is 2.38. The van der Waals surface area contributed by atoms with Crippen LogP contribution in [0.5, 0.6) is 11.5 Å². The lowest BCUT2D eigenvalue weighted by atomic mass is 10.1. The molecule has 1 rings (SSSR count). The Balaban J connectivity index is 3.27. The normalized spacial score (nSPS) is 10.1. The lowest BCUT2D eigenvalue weighted by Crippen LogP contribution is -2.10. The number of rotatable bonds is 6. The van der Waals surface area contributed by atoms with Gasteiger partial charge in [0, 0.05) is 6.42 Å². The predicted octanol–water partition coefficient (Wildman–Crippen LogP) is 1.96. The van der Waals surface area contributed by atoms with E-state index in [0.29, 0.717) is 30.0 Å². The van der Waals surface area contributed by atoms with Gasteiger partial charge in [0.1, 0.15) is 11.5 Å². The quantitative estimate of drug-likeness (QED) is 0.622. The van der Waals surface area contributed by atoms with E-state index in [9.17, 15) is 4.79 Å². The maximum absolute atomic E-state index is 11.9. The van der Waals surface area contributed by atoms with Gasteiger partial charge in [-0.2, -0.15) is 0 Å². The van der Waals surface area contributed by atoms with Crippen LogP contribution in [0.15, 0.2) is 17.0 Å². The van der Waals surface area contributed by atoms with E-state index < -0.39 is 0 Å². The Morgan fingerprint density at radius 3 is 2.53 bits per heavy atom. The van der Waals surface area contributed by atoms with Crippen molar-refractivity contribution in [3.05, 3.63) is 17.7 Å². The molecule has 1 aromatic rings. The Kier molecular flexibility index (Phi) is 5.31. The third-order valence-corrected chi connectivity index (χ3v) is 3.17. The lowest BCUT2D eigenvalue weighted by Gasteiger charge is -2.14. The number of benzene rings is 1. The second-order valence-electron chi connectivity index (χ2n) is 3.34. The molecule has 17 heavy (non-hydrogen) atoms. The maximum Gasteiger partial charge on any atom is 0.167 e. The molecule has 0 amide bonds. The number of carbonyl (C=O) groups excluding carboxylic acids is 1. The van der Waals surface area contributed by atoms with Crippen LogP contribution in [0.2, 0.25) is 0 Å². The highest BCUT2D eigenvalue weighted by molar-refractivity contribution is 7.98. The summed E-state index contributed by atoms with van der Waals surface area (Å²) in [6.45, 7) is 0.336. The van der Waals surface area contributed by atoms with E-state index in [1.54, 1.807) is 26.4 Å². The minimum Gasteiger partial charge on any atom is -0.495 e. The highest BCUT2D eigenvalue weighted by atomic mass is 32.2. The summed E-state index contributed by atoms with van der Waals surface area (Å²) < 4.78 is 10.6. The highest BCUT2D eigenvalue weighted by Crippen LogP contribution is 2.39. The van der Waals surface area contributed by atoms with E-state index in [-0.39, 0.29) is 5.78 Å². The van der Waals surface area contributed by atoms with E-state index >= 15 is 0 Å². The standard InChI is InChI=1S/C12H17NO3S/c1-15-10-5-4-8(9(14)6-7-13)11(16-2)12(10)17-3/h4-5H,6-7,13H2,1-3H3. The first-order valence-corrected chi connectivity index (χ1v) is 6.44. The number of hydrogen-bond donors (Lipinski definition) is 1. The molecule has 0 radical (unpaired) electrons. The molecule has 4 nitrogen and oxygen atoms in total. The zero-order valence-electron chi connectivity index (χ0n) is 10.3. The van der Waals surface area contributed by atoms with Crippen LogP contribution in [-0.2, 0) is 0 Å². The molecule has 0 bridgehead atoms. The fraction of sp³-hybridized carbons (Fsp3) is 0.417. The van der Waals surface area contributed by atoms with E-state index in [4.69, 9.17) is 15.2 Å². The molecule has 5 heteroatoms. The molecule has 0 aliphatic heterocycles. The Hall–Kier alpha value is -1.20. The molecule has 1 aromatic carbocycles. The van der Waals surface area contributed by atoms with Gasteiger partial charge in [-0.3, -0.25) is 4.79 Å². The largest absolute Gasteiger partial charge is 0.495 e. The first-order valence-electron chi connectivity index (χ1n) is 5.21. The zero-order chi connectivity index (χ0) is 12.8. The Morgan fingerprint density at radius 1 is 1.35 bits per heavy atom. The zero-order valence-corrected chi connectivity index (χ0v) is 11.1. The average Bonchev–Trinajstić information content (AvgIpc) is 2.36. The van der Waals surface area contributed by atoms with Crippen LogP contribution in [0.4, 0.5) is 0 Å². The second kappa shape index (κ2) is 6.51. The summed E-state index contributed by atoms with van der Waals surface area (Å²) >= 11 is 1.49. The molecule has 94 valence electrons. The van der Waals surface area contributed by atoms with Gasteiger partial charge in [-0.15, -0.1) is 11.8 Å². The van der Waals surface area contributed by atoms with Crippen LogP contribution in [0, 0.1) is 0 Å². The van der Waals surface area contributed by atoms with Gasteiger partial charge in [0.15, 0.2) is 5.78 Å². The van der Waals surface area contributed by atoms with E-state index in [1.807, 2.05) is 6.26 Å². The monoisotopic (exact) mass is 255 g/mol. The number of carbonyl (C=O) groups is 1. The van der Waals surface area contributed by atoms with Gasteiger partial charge in [-0.05, 0) is 24.9 Å². The maximum atomic E-state index is 11.9. The summed E-state index contributed by atoms with van der Waals surface area (Å²) in [6.07, 6.45) is 2.23. The molecule has 0 aliphatic rings. The van der Waals surface area contributed by atoms with Crippen LogP contribution >= 0.6 is 11.8 Å². The molecule has 0 aromatic heterocycles. The fourth-order valence-electron chi connectivity index (χ4n) is 1.59. The predicted molar refractivity (Wildman–Crippen MR) is 69.3 cm³/mol. The van der Waals surface area contributed by atoms with Crippen molar-refractivity contribution < 1.29 is 14.3 Å². The lowest BCUT2D eigenvalue weighted by molar-refractivity contribution is 0.0982. The van der Waals surface area contributed by atoms with Gasteiger partial charge in [-0.25, -0.2) is 0 Å².